The Labute approximate surface area is 157 Å². The number of benzene rings is 1. The van der Waals surface area contributed by atoms with Crippen molar-refractivity contribution in [3.63, 3.8) is 0 Å². The number of amides is 2. The largest absolute Gasteiger partial charge is 0.497 e. The van der Waals surface area contributed by atoms with E-state index in [2.05, 4.69) is 27.2 Å². The van der Waals surface area contributed by atoms with E-state index >= 15 is 0 Å². The minimum absolute atomic E-state index is 0.0810. The first kappa shape index (κ1) is 18.5. The molecule has 1 atom stereocenters. The van der Waals surface area contributed by atoms with Crippen LogP contribution >= 0.6 is 0 Å². The van der Waals surface area contributed by atoms with Crippen molar-refractivity contribution in [1.29, 1.82) is 0 Å². The predicted octanol–water partition coefficient (Wildman–Crippen LogP) is 0.816. The van der Waals surface area contributed by atoms with E-state index in [1.807, 2.05) is 12.1 Å². The molecule has 140 valence electrons. The third kappa shape index (κ3) is 3.26. The molecule has 1 aliphatic heterocycles. The number of fused-ring (bicyclic) bond motifs is 1. The summed E-state index contributed by atoms with van der Waals surface area (Å²) in [6, 6.07) is 5.39. The highest BCUT2D eigenvalue weighted by molar-refractivity contribution is 5.99. The van der Waals surface area contributed by atoms with Crippen LogP contribution in [0.15, 0.2) is 49.6 Å². The Morgan fingerprint density at radius 1 is 1.44 bits per heavy atom. The van der Waals surface area contributed by atoms with E-state index in [0.717, 1.165) is 5.56 Å². The number of carbonyl (C=O) groups is 2. The monoisotopic (exact) mass is 367 g/mol. The van der Waals surface area contributed by atoms with E-state index in [1.54, 1.807) is 25.1 Å². The summed E-state index contributed by atoms with van der Waals surface area (Å²) in [5, 5.41) is 5.63. The Morgan fingerprint density at radius 3 is 2.89 bits per heavy atom. The lowest BCUT2D eigenvalue weighted by Crippen LogP contribution is -2.58. The summed E-state index contributed by atoms with van der Waals surface area (Å²) in [5.74, 6) is 0.0720. The van der Waals surface area contributed by atoms with Gasteiger partial charge in [-0.3, -0.25) is 24.9 Å². The Bertz CT molecular complexity index is 871. The summed E-state index contributed by atoms with van der Waals surface area (Å²) in [6.07, 6.45) is 5.85. The third-order valence-electron chi connectivity index (χ3n) is 4.67. The van der Waals surface area contributed by atoms with Crippen LogP contribution in [0.4, 0.5) is 0 Å². The van der Waals surface area contributed by atoms with Gasteiger partial charge in [-0.15, -0.1) is 0 Å². The van der Waals surface area contributed by atoms with E-state index < -0.39 is 5.54 Å². The summed E-state index contributed by atoms with van der Waals surface area (Å²) >= 11 is 0. The maximum atomic E-state index is 12.9. The fraction of sp³-hybridized carbons (Fsp3) is 0.263. The van der Waals surface area contributed by atoms with Gasteiger partial charge in [-0.1, -0.05) is 12.6 Å². The Morgan fingerprint density at radius 2 is 2.26 bits per heavy atom. The van der Waals surface area contributed by atoms with Gasteiger partial charge in [0.05, 0.1) is 25.5 Å². The number of carbonyl (C=O) groups excluding carboxylic acids is 2. The molecule has 0 bridgehead atoms. The zero-order chi connectivity index (χ0) is 19.4. The van der Waals surface area contributed by atoms with Crippen LogP contribution in [0, 0.1) is 0 Å². The number of likely N-dealkylation sites (N-methyl/N-ethyl adjacent to an activating group) is 1. The van der Waals surface area contributed by atoms with Crippen molar-refractivity contribution in [2.45, 2.75) is 12.1 Å². The second kappa shape index (κ2) is 7.55. The molecule has 2 N–H and O–H groups in total. The van der Waals surface area contributed by atoms with Crippen molar-refractivity contribution in [3.05, 3.63) is 66.4 Å². The van der Waals surface area contributed by atoms with Gasteiger partial charge < -0.3 is 15.0 Å². The molecule has 1 aromatic carbocycles. The molecular weight excluding hydrogens is 346 g/mol. The lowest BCUT2D eigenvalue weighted by atomic mass is 9.93. The van der Waals surface area contributed by atoms with Crippen molar-refractivity contribution < 1.29 is 14.3 Å². The number of hydrogen-bond donors (Lipinski definition) is 2. The summed E-state index contributed by atoms with van der Waals surface area (Å²) in [7, 11) is 3.20. The normalized spacial score (nSPS) is 15.0. The van der Waals surface area contributed by atoms with Crippen LogP contribution in [0.3, 0.4) is 0 Å². The maximum Gasteiger partial charge on any atom is 0.254 e. The van der Waals surface area contributed by atoms with Crippen molar-refractivity contribution >= 4 is 11.8 Å². The second-order valence-corrected chi connectivity index (χ2v) is 6.11. The average Bonchev–Trinajstić information content (AvgIpc) is 3.01. The van der Waals surface area contributed by atoms with Crippen LogP contribution in [0.25, 0.3) is 0 Å². The minimum atomic E-state index is -1.27. The molecule has 8 heteroatoms. The summed E-state index contributed by atoms with van der Waals surface area (Å²) in [4.78, 5) is 35.8. The molecule has 0 saturated heterocycles. The van der Waals surface area contributed by atoms with Gasteiger partial charge >= 0.3 is 0 Å². The zero-order valence-electron chi connectivity index (χ0n) is 15.2. The first-order valence-corrected chi connectivity index (χ1v) is 8.39. The summed E-state index contributed by atoms with van der Waals surface area (Å²) in [5.41, 5.74) is 0.592. The molecular formula is C19H21N5O3. The molecule has 0 aliphatic carbocycles. The fourth-order valence-electron chi connectivity index (χ4n) is 3.21. The Hall–Kier alpha value is -3.26. The van der Waals surface area contributed by atoms with E-state index in [9.17, 15) is 9.59 Å². The van der Waals surface area contributed by atoms with Crippen molar-refractivity contribution in [1.82, 2.24) is 25.5 Å². The number of nitrogens with zero attached hydrogens (tertiary/aromatic N) is 3. The van der Waals surface area contributed by atoms with Crippen LogP contribution in [0.2, 0.25) is 0 Å². The van der Waals surface area contributed by atoms with E-state index in [-0.39, 0.29) is 18.4 Å². The lowest BCUT2D eigenvalue weighted by molar-refractivity contribution is -0.127. The zero-order valence-corrected chi connectivity index (χ0v) is 15.2. The number of ether oxygens (including phenoxy) is 1. The van der Waals surface area contributed by atoms with Crippen LogP contribution in [-0.4, -0.2) is 47.4 Å². The Kier molecular flexibility index (Phi) is 5.18. The molecule has 0 saturated carbocycles. The van der Waals surface area contributed by atoms with Gasteiger partial charge in [-0.25, -0.2) is 0 Å². The molecule has 0 fully saturated rings. The molecule has 2 aromatic rings. The number of aromatic nitrogens is 2. The smallest absolute Gasteiger partial charge is 0.254 e. The van der Waals surface area contributed by atoms with E-state index in [0.29, 0.717) is 23.6 Å². The van der Waals surface area contributed by atoms with Crippen LogP contribution in [0.5, 0.6) is 5.75 Å². The van der Waals surface area contributed by atoms with Gasteiger partial charge in [0.15, 0.2) is 5.54 Å². The molecule has 2 heterocycles. The number of nitrogens with one attached hydrogen (secondary N) is 2. The van der Waals surface area contributed by atoms with Crippen LogP contribution in [0.1, 0.15) is 21.6 Å². The molecule has 1 aromatic heterocycles. The standard InChI is InChI=1S/C19H21N5O3/c1-4-22-18(26)19(20-2,16-10-21-7-8-23-16)12-24-11-13-5-6-14(27-3)9-15(13)17(24)25/h4-10,20H,1,11-12H2,2-3H3,(H,22,26)/t19-/m0/s1. The van der Waals surface area contributed by atoms with Gasteiger partial charge in [0.1, 0.15) is 5.75 Å². The third-order valence-corrected chi connectivity index (χ3v) is 4.67. The highest BCUT2D eigenvalue weighted by Gasteiger charge is 2.44. The molecule has 8 nitrogen and oxygen atoms in total. The predicted molar refractivity (Wildman–Crippen MR) is 98.8 cm³/mol. The fourth-order valence-corrected chi connectivity index (χ4v) is 3.21. The van der Waals surface area contributed by atoms with Crippen molar-refractivity contribution in [2.75, 3.05) is 20.7 Å². The highest BCUT2D eigenvalue weighted by Crippen LogP contribution is 2.30. The van der Waals surface area contributed by atoms with Gasteiger partial charge in [-0.05, 0) is 30.9 Å². The number of rotatable bonds is 7. The summed E-state index contributed by atoms with van der Waals surface area (Å²) in [6.45, 7) is 4.02. The van der Waals surface area contributed by atoms with Gasteiger partial charge in [0.25, 0.3) is 11.8 Å². The highest BCUT2D eigenvalue weighted by atomic mass is 16.5. The quantitative estimate of drug-likeness (QED) is 0.752. The molecule has 1 aliphatic rings. The van der Waals surface area contributed by atoms with Gasteiger partial charge in [0.2, 0.25) is 0 Å². The molecule has 0 spiro atoms. The summed E-state index contributed by atoms with van der Waals surface area (Å²) < 4.78 is 5.21. The first-order chi connectivity index (χ1) is 13.1. The average molecular weight is 367 g/mol. The maximum absolute atomic E-state index is 12.9. The number of methoxy groups -OCH3 is 1. The van der Waals surface area contributed by atoms with E-state index in [1.165, 1.54) is 24.8 Å². The molecule has 0 unspecified atom stereocenters. The first-order valence-electron chi connectivity index (χ1n) is 8.39. The lowest BCUT2D eigenvalue weighted by Gasteiger charge is -2.34. The molecule has 27 heavy (non-hydrogen) atoms. The molecule has 0 radical (unpaired) electrons. The Balaban J connectivity index is 1.97. The SMILES string of the molecule is C=CNC(=O)[C@@](CN1Cc2ccc(OC)cc2C1=O)(NC)c1cnccn1. The second-order valence-electron chi connectivity index (χ2n) is 6.11. The van der Waals surface area contributed by atoms with Crippen molar-refractivity contribution in [2.24, 2.45) is 0 Å². The van der Waals surface area contributed by atoms with Crippen molar-refractivity contribution in [3.8, 4) is 5.75 Å². The van der Waals surface area contributed by atoms with E-state index in [4.69, 9.17) is 4.74 Å². The number of hydrogen-bond acceptors (Lipinski definition) is 6. The van der Waals surface area contributed by atoms with Crippen LogP contribution < -0.4 is 15.4 Å². The van der Waals surface area contributed by atoms with Gasteiger partial charge in [0, 0.05) is 24.5 Å². The molecule has 2 amide bonds. The molecule has 3 rings (SSSR count). The van der Waals surface area contributed by atoms with Gasteiger partial charge in [-0.2, -0.15) is 0 Å². The topological polar surface area (TPSA) is 96.5 Å². The van der Waals surface area contributed by atoms with Crippen LogP contribution in [-0.2, 0) is 16.9 Å². The minimum Gasteiger partial charge on any atom is -0.497 e.